The molecule has 150 valence electrons. The average molecular weight is 422 g/mol. The van der Waals surface area contributed by atoms with Crippen LogP contribution in [-0.2, 0) is 6.18 Å². The molecule has 0 fully saturated rings. The maximum atomic E-state index is 13.1. The van der Waals surface area contributed by atoms with Crippen molar-refractivity contribution in [3.05, 3.63) is 76.1 Å². The number of carbonyl (C=O) groups excluding carboxylic acids is 1. The molecule has 2 aromatic carbocycles. The van der Waals surface area contributed by atoms with E-state index in [1.165, 1.54) is 47.0 Å². The molecule has 0 bridgehead atoms. The van der Waals surface area contributed by atoms with Crippen molar-refractivity contribution in [2.75, 3.05) is 11.6 Å². The molecule has 0 unspecified atom stereocenters. The smallest absolute Gasteiger partial charge is 0.320 e. The number of benzene rings is 2. The number of halogens is 3. The van der Waals surface area contributed by atoms with Crippen molar-refractivity contribution in [1.82, 2.24) is 9.78 Å². The molecule has 0 atom stereocenters. The first-order valence-corrected chi connectivity index (χ1v) is 9.28. The first-order valence-electron chi connectivity index (χ1n) is 8.05. The number of carbonyl (C=O) groups is 1. The van der Waals surface area contributed by atoms with Crippen LogP contribution in [0.2, 0.25) is 0 Å². The maximum absolute atomic E-state index is 13.1. The highest BCUT2D eigenvalue weighted by Crippen LogP contribution is 2.34. The Hall–Kier alpha value is -3.34. The molecule has 7 nitrogen and oxygen atoms in total. The van der Waals surface area contributed by atoms with E-state index in [0.717, 1.165) is 18.2 Å². The molecule has 0 aliphatic carbocycles. The van der Waals surface area contributed by atoms with Gasteiger partial charge in [-0.15, -0.1) is 11.8 Å². The second-order valence-corrected chi connectivity index (χ2v) is 6.65. The van der Waals surface area contributed by atoms with Gasteiger partial charge in [-0.3, -0.25) is 14.9 Å². The lowest BCUT2D eigenvalue weighted by Crippen LogP contribution is -2.17. The summed E-state index contributed by atoms with van der Waals surface area (Å²) in [6.07, 6.45) is 0.0173. The van der Waals surface area contributed by atoms with Crippen LogP contribution in [-0.4, -0.2) is 26.9 Å². The number of hydrogen-bond acceptors (Lipinski definition) is 5. The Balaban J connectivity index is 2.07. The van der Waals surface area contributed by atoms with Crippen LogP contribution in [0.4, 0.5) is 24.5 Å². The third-order valence-electron chi connectivity index (χ3n) is 3.97. The Kier molecular flexibility index (Phi) is 5.59. The number of nitrogens with one attached hydrogen (secondary N) is 1. The molecule has 0 radical (unpaired) electrons. The summed E-state index contributed by atoms with van der Waals surface area (Å²) in [5, 5.41) is 17.6. The van der Waals surface area contributed by atoms with Gasteiger partial charge < -0.3 is 5.32 Å². The van der Waals surface area contributed by atoms with Crippen molar-refractivity contribution < 1.29 is 22.9 Å². The van der Waals surface area contributed by atoms with Crippen LogP contribution in [0, 0.1) is 10.1 Å². The third kappa shape index (κ3) is 4.40. The standard InChI is InChI=1S/C18H13F3N4O3S/c1-29-12-4-6-15(25(27)28)13(10-12)17(26)23-14-9-11(18(19,20)21)3-5-16(14)24-8-2-7-22-24/h2-10H,1H3,(H,23,26). The summed E-state index contributed by atoms with van der Waals surface area (Å²) in [5.41, 5.74) is -1.69. The van der Waals surface area contributed by atoms with Gasteiger partial charge in [0.25, 0.3) is 11.6 Å². The van der Waals surface area contributed by atoms with Gasteiger partial charge in [-0.25, -0.2) is 4.68 Å². The number of hydrogen-bond donors (Lipinski definition) is 1. The van der Waals surface area contributed by atoms with Crippen molar-refractivity contribution in [3.63, 3.8) is 0 Å². The number of nitro groups is 1. The van der Waals surface area contributed by atoms with Crippen LogP contribution >= 0.6 is 11.8 Å². The van der Waals surface area contributed by atoms with E-state index in [1.807, 2.05) is 0 Å². The zero-order valence-corrected chi connectivity index (χ0v) is 15.6. The van der Waals surface area contributed by atoms with Gasteiger partial charge in [-0.05, 0) is 42.7 Å². The fourth-order valence-electron chi connectivity index (χ4n) is 2.60. The van der Waals surface area contributed by atoms with Crippen molar-refractivity contribution in [2.24, 2.45) is 0 Å². The molecule has 0 aliphatic rings. The minimum atomic E-state index is -4.63. The van der Waals surface area contributed by atoms with Crippen LogP contribution < -0.4 is 5.32 Å². The molecule has 29 heavy (non-hydrogen) atoms. The van der Waals surface area contributed by atoms with Crippen molar-refractivity contribution >= 4 is 29.0 Å². The summed E-state index contributed by atoms with van der Waals surface area (Å²) in [6, 6.07) is 8.34. The van der Waals surface area contributed by atoms with E-state index >= 15 is 0 Å². The predicted molar refractivity (Wildman–Crippen MR) is 101 cm³/mol. The van der Waals surface area contributed by atoms with Gasteiger partial charge >= 0.3 is 6.18 Å². The Morgan fingerprint density at radius 2 is 2.00 bits per heavy atom. The molecule has 1 N–H and O–H groups in total. The molecule has 11 heteroatoms. The largest absolute Gasteiger partial charge is 0.416 e. The minimum Gasteiger partial charge on any atom is -0.320 e. The third-order valence-corrected chi connectivity index (χ3v) is 4.69. The second-order valence-electron chi connectivity index (χ2n) is 5.77. The molecule has 0 saturated heterocycles. The molecule has 0 saturated carbocycles. The number of thioether (sulfide) groups is 1. The van der Waals surface area contributed by atoms with E-state index in [9.17, 15) is 28.1 Å². The highest BCUT2D eigenvalue weighted by atomic mass is 32.2. The van der Waals surface area contributed by atoms with Gasteiger partial charge in [0.1, 0.15) is 5.56 Å². The summed E-state index contributed by atoms with van der Waals surface area (Å²) in [7, 11) is 0. The number of rotatable bonds is 5. The van der Waals surface area contributed by atoms with Gasteiger partial charge in [0.2, 0.25) is 0 Å². The first kappa shape index (κ1) is 20.4. The Morgan fingerprint density at radius 1 is 1.24 bits per heavy atom. The quantitative estimate of drug-likeness (QED) is 0.363. The molecule has 1 aromatic heterocycles. The molecular weight excluding hydrogens is 409 g/mol. The van der Waals surface area contributed by atoms with Gasteiger partial charge in [-0.2, -0.15) is 18.3 Å². The number of nitrogens with zero attached hydrogens (tertiary/aromatic N) is 3. The maximum Gasteiger partial charge on any atom is 0.416 e. The Labute approximate surface area is 166 Å². The second kappa shape index (κ2) is 7.95. The molecule has 1 amide bonds. The van der Waals surface area contributed by atoms with Gasteiger partial charge in [0, 0.05) is 23.4 Å². The normalized spacial score (nSPS) is 11.3. The molecule has 3 aromatic rings. The number of alkyl halides is 3. The lowest BCUT2D eigenvalue weighted by molar-refractivity contribution is -0.385. The van der Waals surface area contributed by atoms with Crippen molar-refractivity contribution in [2.45, 2.75) is 11.1 Å². The summed E-state index contributed by atoms with van der Waals surface area (Å²) in [4.78, 5) is 23.9. The summed E-state index contributed by atoms with van der Waals surface area (Å²) < 4.78 is 40.7. The van der Waals surface area contributed by atoms with E-state index in [2.05, 4.69) is 10.4 Å². The molecule has 3 rings (SSSR count). The van der Waals surface area contributed by atoms with Gasteiger partial charge in [-0.1, -0.05) is 0 Å². The average Bonchev–Trinajstić information content (AvgIpc) is 3.21. The zero-order valence-electron chi connectivity index (χ0n) is 14.8. The van der Waals surface area contributed by atoms with E-state index in [-0.39, 0.29) is 16.9 Å². The monoisotopic (exact) mass is 422 g/mol. The highest BCUT2D eigenvalue weighted by Gasteiger charge is 2.32. The number of anilines is 1. The highest BCUT2D eigenvalue weighted by molar-refractivity contribution is 7.98. The van der Waals surface area contributed by atoms with Crippen LogP contribution in [0.1, 0.15) is 15.9 Å². The number of nitro benzene ring substituents is 1. The van der Waals surface area contributed by atoms with Crippen LogP contribution in [0.25, 0.3) is 5.69 Å². The summed E-state index contributed by atoms with van der Waals surface area (Å²) in [6.45, 7) is 0. The van der Waals surface area contributed by atoms with Crippen LogP contribution in [0.5, 0.6) is 0 Å². The first-order chi connectivity index (χ1) is 13.7. The van der Waals surface area contributed by atoms with Crippen molar-refractivity contribution in [1.29, 1.82) is 0 Å². The number of aromatic nitrogens is 2. The SMILES string of the molecule is CSc1ccc([N+](=O)[O-])c(C(=O)Nc2cc(C(F)(F)F)ccc2-n2cccn2)c1. The van der Waals surface area contributed by atoms with E-state index in [4.69, 9.17) is 0 Å². The van der Waals surface area contributed by atoms with Gasteiger partial charge in [0.15, 0.2) is 0 Å². The van der Waals surface area contributed by atoms with Crippen LogP contribution in [0.15, 0.2) is 59.8 Å². The van der Waals surface area contributed by atoms with Crippen LogP contribution in [0.3, 0.4) is 0 Å². The summed E-state index contributed by atoms with van der Waals surface area (Å²) in [5.74, 6) is -0.902. The molecule has 0 aliphatic heterocycles. The number of amides is 1. The molecular formula is C18H13F3N4O3S. The van der Waals surface area contributed by atoms with E-state index in [0.29, 0.717) is 4.90 Å². The topological polar surface area (TPSA) is 90.1 Å². The predicted octanol–water partition coefficient (Wildman–Crippen LogP) is 4.77. The lowest BCUT2D eigenvalue weighted by Gasteiger charge is -2.15. The van der Waals surface area contributed by atoms with Gasteiger partial charge in [0.05, 0.1) is 21.9 Å². The molecule has 0 spiro atoms. The minimum absolute atomic E-state index is 0.181. The zero-order chi connectivity index (χ0) is 21.2. The lowest BCUT2D eigenvalue weighted by atomic mass is 10.1. The fourth-order valence-corrected chi connectivity index (χ4v) is 3.04. The summed E-state index contributed by atoms with van der Waals surface area (Å²) >= 11 is 1.27. The Bertz CT molecular complexity index is 1070. The molecule has 1 heterocycles. The van der Waals surface area contributed by atoms with E-state index < -0.39 is 28.3 Å². The fraction of sp³-hybridized carbons (Fsp3) is 0.111. The Morgan fingerprint density at radius 3 is 2.59 bits per heavy atom. The van der Waals surface area contributed by atoms with Crippen molar-refractivity contribution in [3.8, 4) is 5.69 Å². The van der Waals surface area contributed by atoms with E-state index in [1.54, 1.807) is 12.3 Å².